The molecule has 0 saturated heterocycles. The van der Waals surface area contributed by atoms with Gasteiger partial charge in [0.15, 0.2) is 6.61 Å². The minimum Gasteiger partial charge on any atom is -0.320 e. The first kappa shape index (κ1) is 8.17. The highest BCUT2D eigenvalue weighted by atomic mass is 35.6. The second-order valence-electron chi connectivity index (χ2n) is 1.36. The van der Waals surface area contributed by atoms with Gasteiger partial charge in [-0.3, -0.25) is 0 Å². The fourth-order valence-electron chi connectivity index (χ4n) is 0.262. The monoisotopic (exact) mass is 140 g/mol. The Balaban J connectivity index is 2.72. The molecule has 0 fully saturated rings. The largest absolute Gasteiger partial charge is 0.320 e. The Bertz CT molecular complexity index is 48.5. The van der Waals surface area contributed by atoms with Crippen molar-refractivity contribution in [1.82, 2.24) is 0 Å². The standard InChI is InChI=1S/C4H9ClO3/c1-2-3-4-8-5(6)7/h2-4H2,1H3. The van der Waals surface area contributed by atoms with Crippen molar-refractivity contribution in [1.29, 1.82) is 0 Å². The van der Waals surface area contributed by atoms with Crippen LogP contribution in [0.3, 0.4) is 0 Å². The second kappa shape index (κ2) is 5.31. The SMILES string of the molecule is CCCCO[Cl+2]([O-])[O-]. The highest BCUT2D eigenvalue weighted by Gasteiger charge is 2.02. The Hall–Kier alpha value is 0.170. The maximum atomic E-state index is 9.61. The molecule has 0 N–H and O–H groups in total. The molecule has 0 bridgehead atoms. The molecule has 3 nitrogen and oxygen atoms in total. The molecular weight excluding hydrogens is 131 g/mol. The molecule has 0 aromatic carbocycles. The van der Waals surface area contributed by atoms with Crippen molar-refractivity contribution in [2.45, 2.75) is 19.8 Å². The van der Waals surface area contributed by atoms with Gasteiger partial charge in [-0.05, 0) is 6.42 Å². The van der Waals surface area contributed by atoms with Gasteiger partial charge < -0.3 is 9.32 Å². The van der Waals surface area contributed by atoms with Gasteiger partial charge in [-0.2, -0.15) is 0 Å². The lowest BCUT2D eigenvalue weighted by Gasteiger charge is -1.91. The van der Waals surface area contributed by atoms with Crippen molar-refractivity contribution >= 4 is 0 Å². The minimum absolute atomic E-state index is 0.296. The van der Waals surface area contributed by atoms with Crippen molar-refractivity contribution < 1.29 is 24.4 Å². The van der Waals surface area contributed by atoms with Crippen LogP contribution >= 0.6 is 0 Å². The molecule has 8 heavy (non-hydrogen) atoms. The van der Waals surface area contributed by atoms with E-state index in [1.165, 1.54) is 0 Å². The molecule has 0 rings (SSSR count). The number of halogens is 1. The molecule has 0 spiro atoms. The second-order valence-corrected chi connectivity index (χ2v) is 1.95. The molecule has 0 unspecified atom stereocenters. The Labute approximate surface area is 51.7 Å². The first-order chi connectivity index (χ1) is 3.77. The van der Waals surface area contributed by atoms with Crippen LogP contribution in [0.4, 0.5) is 0 Å². The zero-order chi connectivity index (χ0) is 6.41. The van der Waals surface area contributed by atoms with Crippen LogP contribution in [0.15, 0.2) is 0 Å². The lowest BCUT2D eigenvalue weighted by Crippen LogP contribution is -2.34. The summed E-state index contributed by atoms with van der Waals surface area (Å²) in [5.74, 6) is 0. The molecule has 0 saturated carbocycles. The number of unbranched alkanes of at least 4 members (excludes halogenated alkanes) is 1. The molecule has 0 atom stereocenters. The van der Waals surface area contributed by atoms with E-state index in [4.69, 9.17) is 0 Å². The molecule has 50 valence electrons. The zero-order valence-corrected chi connectivity index (χ0v) is 5.48. The summed E-state index contributed by atoms with van der Waals surface area (Å²) in [5.41, 5.74) is 0. The van der Waals surface area contributed by atoms with Crippen LogP contribution < -0.4 is 9.32 Å². The first-order valence-corrected chi connectivity index (χ1v) is 3.38. The third kappa shape index (κ3) is 6.17. The van der Waals surface area contributed by atoms with Crippen LogP contribution in [0.2, 0.25) is 0 Å². The van der Waals surface area contributed by atoms with Gasteiger partial charge >= 0.3 is 0 Å². The predicted octanol–water partition coefficient (Wildman–Crippen LogP) is -1.11. The first-order valence-electron chi connectivity index (χ1n) is 2.46. The Morgan fingerprint density at radius 1 is 1.50 bits per heavy atom. The van der Waals surface area contributed by atoms with Crippen LogP contribution in [-0.2, 0) is 4.29 Å². The van der Waals surface area contributed by atoms with Gasteiger partial charge in [0.1, 0.15) is 0 Å². The highest BCUT2D eigenvalue weighted by molar-refractivity contribution is 4.24. The summed E-state index contributed by atoms with van der Waals surface area (Å²) >= 11 is 0. The summed E-state index contributed by atoms with van der Waals surface area (Å²) in [6, 6.07) is 0. The normalized spacial score (nSPS) is 10.5. The molecule has 0 aliphatic heterocycles. The van der Waals surface area contributed by atoms with Gasteiger partial charge in [0, 0.05) is 4.29 Å². The third-order valence-corrected chi connectivity index (χ3v) is 0.997. The van der Waals surface area contributed by atoms with Gasteiger partial charge in [0.2, 0.25) is 0 Å². The molecule has 0 radical (unpaired) electrons. The van der Waals surface area contributed by atoms with E-state index in [-0.39, 0.29) is 0 Å². The fourth-order valence-corrected chi connectivity index (χ4v) is 0.497. The number of hydrogen-bond donors (Lipinski definition) is 0. The molecule has 0 heterocycles. The molecule has 4 heteroatoms. The molecule has 0 amide bonds. The maximum Gasteiger partial charge on any atom is 0.285 e. The van der Waals surface area contributed by atoms with Gasteiger partial charge in [0.25, 0.3) is 10.8 Å². The van der Waals surface area contributed by atoms with E-state index in [9.17, 15) is 9.32 Å². The zero-order valence-electron chi connectivity index (χ0n) is 4.72. The highest BCUT2D eigenvalue weighted by Crippen LogP contribution is 1.87. The van der Waals surface area contributed by atoms with E-state index in [2.05, 4.69) is 4.29 Å². The van der Waals surface area contributed by atoms with Gasteiger partial charge in [-0.1, -0.05) is 13.3 Å². The van der Waals surface area contributed by atoms with E-state index < -0.39 is 10.8 Å². The minimum atomic E-state index is -2.02. The summed E-state index contributed by atoms with van der Waals surface area (Å²) in [6.45, 7) is 2.26. The van der Waals surface area contributed by atoms with Gasteiger partial charge in [-0.15, -0.1) is 0 Å². The van der Waals surface area contributed by atoms with Crippen molar-refractivity contribution in [3.05, 3.63) is 0 Å². The van der Waals surface area contributed by atoms with Crippen molar-refractivity contribution in [3.8, 4) is 0 Å². The summed E-state index contributed by atoms with van der Waals surface area (Å²) in [6.07, 6.45) is 1.74. The van der Waals surface area contributed by atoms with E-state index in [1.54, 1.807) is 0 Å². The summed E-state index contributed by atoms with van der Waals surface area (Å²) in [5, 5.41) is 0. The van der Waals surface area contributed by atoms with Crippen molar-refractivity contribution in [2.24, 2.45) is 0 Å². The average Bonchev–Trinajstić information content (AvgIpc) is 1.66. The van der Waals surface area contributed by atoms with E-state index in [1.807, 2.05) is 6.92 Å². The van der Waals surface area contributed by atoms with Crippen LogP contribution in [0, 0.1) is 10.8 Å². The Kier molecular flexibility index (Phi) is 5.42. The summed E-state index contributed by atoms with van der Waals surface area (Å²) < 4.78 is 23.4. The van der Waals surface area contributed by atoms with Crippen LogP contribution in [0.1, 0.15) is 19.8 Å². The third-order valence-electron chi connectivity index (χ3n) is 0.664. The van der Waals surface area contributed by atoms with Crippen molar-refractivity contribution in [3.63, 3.8) is 0 Å². The quantitative estimate of drug-likeness (QED) is 0.466. The maximum absolute atomic E-state index is 9.61. The summed E-state index contributed by atoms with van der Waals surface area (Å²) in [4.78, 5) is 0. The number of hydrogen-bond acceptors (Lipinski definition) is 3. The van der Waals surface area contributed by atoms with Crippen LogP contribution in [0.5, 0.6) is 0 Å². The Morgan fingerprint density at radius 3 is 2.50 bits per heavy atom. The van der Waals surface area contributed by atoms with Crippen molar-refractivity contribution in [2.75, 3.05) is 6.61 Å². The van der Waals surface area contributed by atoms with E-state index in [0.29, 0.717) is 6.61 Å². The molecule has 0 aliphatic carbocycles. The molecule has 0 aromatic heterocycles. The Morgan fingerprint density at radius 2 is 2.12 bits per heavy atom. The summed E-state index contributed by atoms with van der Waals surface area (Å²) in [7, 11) is -2.02. The smallest absolute Gasteiger partial charge is 0.285 e. The lowest BCUT2D eigenvalue weighted by molar-refractivity contribution is -1.63. The molecule has 0 aromatic rings. The average molecular weight is 141 g/mol. The lowest BCUT2D eigenvalue weighted by atomic mass is 10.4. The topological polar surface area (TPSA) is 55.3 Å². The van der Waals surface area contributed by atoms with Crippen LogP contribution in [0.25, 0.3) is 0 Å². The fraction of sp³-hybridized carbons (Fsp3) is 1.00. The van der Waals surface area contributed by atoms with E-state index >= 15 is 0 Å². The number of rotatable bonds is 4. The molecular formula is C4H9ClO3. The van der Waals surface area contributed by atoms with E-state index in [0.717, 1.165) is 12.8 Å². The predicted molar refractivity (Wildman–Crippen MR) is 20.9 cm³/mol. The van der Waals surface area contributed by atoms with Gasteiger partial charge in [-0.25, -0.2) is 0 Å². The van der Waals surface area contributed by atoms with Crippen LogP contribution in [-0.4, -0.2) is 6.61 Å². The van der Waals surface area contributed by atoms with Gasteiger partial charge in [0.05, 0.1) is 0 Å². The molecule has 0 aliphatic rings.